The van der Waals surface area contributed by atoms with Crippen LogP contribution in [0, 0.1) is 0 Å². The minimum Gasteiger partial charge on any atom is -1.00 e. The predicted octanol–water partition coefficient (Wildman–Crippen LogP) is -7.84. The second kappa shape index (κ2) is 7.78. The summed E-state index contributed by atoms with van der Waals surface area (Å²) >= 11 is 0. The predicted molar refractivity (Wildman–Crippen MR) is 33.9 cm³/mol. The van der Waals surface area contributed by atoms with Gasteiger partial charge in [-0.1, -0.05) is 0 Å². The van der Waals surface area contributed by atoms with Gasteiger partial charge < -0.3 is 28.0 Å². The number of aliphatic carboxylic acids is 1. The molecule has 0 saturated carbocycles. The van der Waals surface area contributed by atoms with E-state index in [4.69, 9.17) is 25.1 Å². The number of carboxylic acids is 1. The second-order valence-electron chi connectivity index (χ2n) is 1.79. The van der Waals surface area contributed by atoms with Crippen LogP contribution in [0.15, 0.2) is 0 Å². The van der Waals surface area contributed by atoms with Gasteiger partial charge in [-0.2, -0.15) is 0 Å². The molecule has 0 rings (SSSR count). The molecule has 0 amide bonds. The van der Waals surface area contributed by atoms with Gasteiger partial charge in [0.25, 0.3) is 0 Å². The van der Waals surface area contributed by atoms with E-state index in [1.165, 1.54) is 0 Å². The van der Waals surface area contributed by atoms with Crippen LogP contribution in [-0.4, -0.2) is 43.0 Å². The molecule has 0 aromatic rings. The topological polar surface area (TPSA) is 135 Å². The molecule has 0 bridgehead atoms. The van der Waals surface area contributed by atoms with Gasteiger partial charge in [-0.3, -0.25) is 4.57 Å². The van der Waals surface area contributed by atoms with Crippen molar-refractivity contribution >= 4 is 13.6 Å². The van der Waals surface area contributed by atoms with Crippen LogP contribution in [-0.2, 0) is 9.36 Å². The van der Waals surface area contributed by atoms with E-state index in [1.807, 2.05) is 0 Å². The van der Waals surface area contributed by atoms with E-state index in [0.29, 0.717) is 0 Å². The Balaban J connectivity index is -0.0000000833. The van der Waals surface area contributed by atoms with Crippen LogP contribution in [0.1, 0.15) is 2.85 Å². The third-order valence-corrected chi connectivity index (χ3v) is 1.85. The van der Waals surface area contributed by atoms with Gasteiger partial charge in [0.05, 0.1) is 0 Å². The molecule has 0 aliphatic rings. The molecule has 0 spiro atoms. The summed E-state index contributed by atoms with van der Waals surface area (Å²) in [6.07, 6.45) is -2.46. The standard InChI is InChI=1S/C3H7O7P.2Na.2H/c4-1(2(5)6)3(7)11(8,9)10;;;;/h1,3-4,7H,(H,5,6)(H2,8,9,10);;;;/q;2*+1;2*-1. The van der Waals surface area contributed by atoms with E-state index < -0.39 is 25.5 Å². The largest absolute Gasteiger partial charge is 1.00 e. The average Bonchev–Trinajstić information content (AvgIpc) is 1.82. The van der Waals surface area contributed by atoms with Gasteiger partial charge >= 0.3 is 72.7 Å². The number of aliphatic hydroxyl groups is 2. The van der Waals surface area contributed by atoms with Crippen molar-refractivity contribution in [2.45, 2.75) is 11.9 Å². The number of hydrogen-bond donors (Lipinski definition) is 5. The zero-order chi connectivity index (χ0) is 9.23. The molecule has 0 aromatic carbocycles. The first-order valence-corrected chi connectivity index (χ1v) is 4.09. The summed E-state index contributed by atoms with van der Waals surface area (Å²) in [5, 5.41) is 24.8. The van der Waals surface area contributed by atoms with Crippen LogP contribution < -0.4 is 59.1 Å². The number of carboxylic acid groups (broad SMARTS) is 1. The van der Waals surface area contributed by atoms with Crippen LogP contribution >= 0.6 is 7.60 Å². The van der Waals surface area contributed by atoms with E-state index in [9.17, 15) is 9.36 Å². The maximum absolute atomic E-state index is 10.1. The molecule has 0 aliphatic carbocycles. The van der Waals surface area contributed by atoms with E-state index in [0.717, 1.165) is 0 Å². The minimum atomic E-state index is -4.94. The number of hydrogen-bond acceptors (Lipinski definition) is 4. The van der Waals surface area contributed by atoms with Gasteiger partial charge in [-0.25, -0.2) is 4.79 Å². The molecule has 70 valence electrons. The fourth-order valence-corrected chi connectivity index (χ4v) is 0.807. The molecule has 0 fully saturated rings. The first-order chi connectivity index (χ1) is 4.76. The summed E-state index contributed by atoms with van der Waals surface area (Å²) in [6.45, 7) is 0. The van der Waals surface area contributed by atoms with Gasteiger partial charge in [0.2, 0.25) is 0 Å². The van der Waals surface area contributed by atoms with Crippen LogP contribution in [0.5, 0.6) is 0 Å². The molecule has 2 unspecified atom stereocenters. The molecular weight excluding hydrogens is 225 g/mol. The SMILES string of the molecule is O=C(O)C(O)C(O)P(=O)(O)O.[H-].[H-].[Na+].[Na+]. The van der Waals surface area contributed by atoms with Crippen LogP contribution in [0.2, 0.25) is 0 Å². The summed E-state index contributed by atoms with van der Waals surface area (Å²) in [5.74, 6) is -4.46. The number of carbonyl (C=O) groups is 1. The van der Waals surface area contributed by atoms with Gasteiger partial charge in [0, 0.05) is 0 Å². The first kappa shape index (κ1) is 20.0. The summed E-state index contributed by atoms with van der Waals surface area (Å²) in [5.41, 5.74) is 0. The Kier molecular flexibility index (Phi) is 12.0. The van der Waals surface area contributed by atoms with Gasteiger partial charge in [0.1, 0.15) is 0 Å². The molecule has 5 N–H and O–H groups in total. The molecule has 7 nitrogen and oxygen atoms in total. The third kappa shape index (κ3) is 7.47. The zero-order valence-corrected chi connectivity index (χ0v) is 12.0. The molecule has 0 heterocycles. The first-order valence-electron chi connectivity index (χ1n) is 2.41. The Morgan fingerprint density at radius 2 is 1.54 bits per heavy atom. The van der Waals surface area contributed by atoms with Crippen molar-refractivity contribution in [3.63, 3.8) is 0 Å². The van der Waals surface area contributed by atoms with Crippen LogP contribution in [0.25, 0.3) is 0 Å². The van der Waals surface area contributed by atoms with E-state index in [1.54, 1.807) is 0 Å². The smallest absolute Gasteiger partial charge is 1.00 e. The minimum absolute atomic E-state index is 0. The van der Waals surface area contributed by atoms with Gasteiger partial charge in [0.15, 0.2) is 11.9 Å². The quantitative estimate of drug-likeness (QED) is 0.241. The van der Waals surface area contributed by atoms with E-state index in [2.05, 4.69) is 0 Å². The van der Waals surface area contributed by atoms with Crippen molar-refractivity contribution in [3.8, 4) is 0 Å². The van der Waals surface area contributed by atoms with Crippen molar-refractivity contribution in [1.29, 1.82) is 0 Å². The van der Waals surface area contributed by atoms with E-state index in [-0.39, 0.29) is 62.0 Å². The Labute approximate surface area is 121 Å². The monoisotopic (exact) mass is 234 g/mol. The Bertz CT molecular complexity index is 210. The van der Waals surface area contributed by atoms with Crippen molar-refractivity contribution in [3.05, 3.63) is 0 Å². The summed E-state index contributed by atoms with van der Waals surface area (Å²) in [6, 6.07) is 0. The third-order valence-electron chi connectivity index (χ3n) is 0.880. The molecular formula is C3H9Na2O7P. The molecule has 10 heteroatoms. The van der Waals surface area contributed by atoms with Gasteiger partial charge in [-0.15, -0.1) is 0 Å². The zero-order valence-electron chi connectivity index (χ0n) is 9.15. The normalized spacial score (nSPS) is 14.8. The Morgan fingerprint density at radius 3 is 1.62 bits per heavy atom. The Morgan fingerprint density at radius 1 is 1.23 bits per heavy atom. The second-order valence-corrected chi connectivity index (χ2v) is 3.49. The molecule has 0 saturated heterocycles. The van der Waals surface area contributed by atoms with Crippen molar-refractivity contribution in [2.75, 3.05) is 0 Å². The molecule has 0 aliphatic heterocycles. The molecule has 13 heavy (non-hydrogen) atoms. The van der Waals surface area contributed by atoms with Crippen LogP contribution in [0.3, 0.4) is 0 Å². The maximum Gasteiger partial charge on any atom is 1.00 e. The Hall–Kier alpha value is 1.54. The van der Waals surface area contributed by atoms with Crippen LogP contribution in [0.4, 0.5) is 0 Å². The maximum atomic E-state index is 10.1. The fourth-order valence-electron chi connectivity index (χ4n) is 0.311. The van der Waals surface area contributed by atoms with Crippen molar-refractivity contribution in [1.82, 2.24) is 0 Å². The van der Waals surface area contributed by atoms with Crippen molar-refractivity contribution in [2.24, 2.45) is 0 Å². The molecule has 0 aromatic heterocycles. The fraction of sp³-hybridized carbons (Fsp3) is 0.667. The summed E-state index contributed by atoms with van der Waals surface area (Å²) < 4.78 is 10.1. The number of aliphatic hydroxyl groups excluding tert-OH is 2. The number of rotatable bonds is 3. The average molecular weight is 234 g/mol. The van der Waals surface area contributed by atoms with Crippen molar-refractivity contribution < 1.29 is 96.4 Å². The molecule has 0 radical (unpaired) electrons. The summed E-state index contributed by atoms with van der Waals surface area (Å²) in [7, 11) is -4.94. The summed E-state index contributed by atoms with van der Waals surface area (Å²) in [4.78, 5) is 26.1. The van der Waals surface area contributed by atoms with Gasteiger partial charge in [-0.05, 0) is 0 Å². The van der Waals surface area contributed by atoms with E-state index >= 15 is 0 Å². The molecule has 2 atom stereocenters.